The Labute approximate surface area is 182 Å². The van der Waals surface area contributed by atoms with Crippen molar-refractivity contribution in [2.45, 2.75) is 39.2 Å². The number of aryl methyl sites for hydroxylation is 1. The SMILES string of the molecule is C#Cc1cc(C)c2[nH]ccc2c1C[N+]1=C(c2ccc(C(=O)O)cc2)C[C@@H](C2CC2)CC1. The van der Waals surface area contributed by atoms with Crippen molar-refractivity contribution >= 4 is 22.6 Å². The average molecular weight is 412 g/mol. The largest absolute Gasteiger partial charge is 0.478 e. The zero-order chi connectivity index (χ0) is 21.5. The van der Waals surface area contributed by atoms with E-state index in [1.807, 2.05) is 18.3 Å². The van der Waals surface area contributed by atoms with E-state index in [1.54, 1.807) is 12.1 Å². The molecule has 0 unspecified atom stereocenters. The number of fused-ring (bicyclic) bond motifs is 1. The van der Waals surface area contributed by atoms with Crippen LogP contribution in [-0.4, -0.2) is 32.9 Å². The number of nitrogens with one attached hydrogen (secondary N) is 1. The van der Waals surface area contributed by atoms with Crippen molar-refractivity contribution < 1.29 is 14.5 Å². The molecule has 2 N–H and O–H groups in total. The van der Waals surface area contributed by atoms with E-state index in [-0.39, 0.29) is 0 Å². The highest BCUT2D eigenvalue weighted by Crippen LogP contribution is 2.42. The Morgan fingerprint density at radius 1 is 1.19 bits per heavy atom. The second kappa shape index (κ2) is 7.74. The lowest BCUT2D eigenvalue weighted by Gasteiger charge is -2.23. The smallest absolute Gasteiger partial charge is 0.335 e. The third-order valence-electron chi connectivity index (χ3n) is 7.02. The standard InChI is InChI=1S/C27H26N2O2/c1-3-18-14-17(2)26-23(10-12-28-26)24(18)16-29-13-11-22(19-4-5-19)15-25(29)20-6-8-21(9-7-20)27(30)31/h1,6-10,12,14,19,22,28H,4-5,11,13,15-16H2,2H3/p+1/t22-/m0/s1. The summed E-state index contributed by atoms with van der Waals surface area (Å²) in [6.45, 7) is 3.86. The van der Waals surface area contributed by atoms with Crippen LogP contribution in [0.25, 0.3) is 10.9 Å². The summed E-state index contributed by atoms with van der Waals surface area (Å²) in [5.41, 5.74) is 7.21. The van der Waals surface area contributed by atoms with Crippen LogP contribution in [0.5, 0.6) is 0 Å². The fraction of sp³-hybridized carbons (Fsp3) is 0.333. The number of hydrogen-bond donors (Lipinski definition) is 2. The van der Waals surface area contributed by atoms with E-state index in [9.17, 15) is 9.90 Å². The summed E-state index contributed by atoms with van der Waals surface area (Å²) in [6.07, 6.45) is 12.8. The molecule has 156 valence electrons. The molecule has 2 aliphatic rings. The highest BCUT2D eigenvalue weighted by Gasteiger charge is 2.38. The van der Waals surface area contributed by atoms with Crippen LogP contribution in [0.2, 0.25) is 0 Å². The fourth-order valence-corrected chi connectivity index (χ4v) is 5.14. The minimum atomic E-state index is -0.888. The van der Waals surface area contributed by atoms with Crippen LogP contribution in [0.15, 0.2) is 42.6 Å². The van der Waals surface area contributed by atoms with Crippen LogP contribution in [0.3, 0.4) is 0 Å². The van der Waals surface area contributed by atoms with E-state index in [4.69, 9.17) is 6.42 Å². The second-order valence-corrected chi connectivity index (χ2v) is 8.97. The number of hydrogen-bond acceptors (Lipinski definition) is 1. The zero-order valence-corrected chi connectivity index (χ0v) is 17.8. The Morgan fingerprint density at radius 3 is 2.65 bits per heavy atom. The van der Waals surface area contributed by atoms with Gasteiger partial charge in [0.1, 0.15) is 6.54 Å². The van der Waals surface area contributed by atoms with Gasteiger partial charge in [-0.2, -0.15) is 0 Å². The van der Waals surface area contributed by atoms with Crippen molar-refractivity contribution in [2.75, 3.05) is 6.54 Å². The predicted molar refractivity (Wildman–Crippen MR) is 123 cm³/mol. The second-order valence-electron chi connectivity index (χ2n) is 8.97. The van der Waals surface area contributed by atoms with Gasteiger partial charge in [0, 0.05) is 46.6 Å². The molecule has 1 fully saturated rings. The first-order valence-electron chi connectivity index (χ1n) is 11.1. The maximum Gasteiger partial charge on any atom is 0.335 e. The molecule has 1 atom stereocenters. The number of carbonyl (C=O) groups is 1. The molecule has 0 amide bonds. The van der Waals surface area contributed by atoms with Crippen LogP contribution < -0.4 is 0 Å². The predicted octanol–water partition coefficient (Wildman–Crippen LogP) is 4.98. The molecule has 0 saturated heterocycles. The molecule has 1 aliphatic carbocycles. The molecule has 3 aromatic rings. The van der Waals surface area contributed by atoms with Crippen molar-refractivity contribution in [3.8, 4) is 12.3 Å². The minimum Gasteiger partial charge on any atom is -0.478 e. The van der Waals surface area contributed by atoms with E-state index < -0.39 is 5.97 Å². The monoisotopic (exact) mass is 411 g/mol. The van der Waals surface area contributed by atoms with Gasteiger partial charge in [0.05, 0.1) is 5.56 Å². The van der Waals surface area contributed by atoms with Crippen molar-refractivity contribution in [3.05, 3.63) is 70.4 Å². The number of carboxylic acid groups (broad SMARTS) is 1. The number of benzene rings is 2. The van der Waals surface area contributed by atoms with Crippen LogP contribution in [0.4, 0.5) is 0 Å². The maximum atomic E-state index is 11.3. The summed E-state index contributed by atoms with van der Waals surface area (Å²) in [6, 6.07) is 11.6. The molecule has 4 nitrogen and oxygen atoms in total. The molecule has 1 aromatic heterocycles. The number of aromatic amines is 1. The van der Waals surface area contributed by atoms with Gasteiger partial charge in [-0.1, -0.05) is 5.92 Å². The van der Waals surface area contributed by atoms with Gasteiger partial charge in [-0.05, 0) is 73.6 Å². The number of aromatic nitrogens is 1. The molecule has 0 bridgehead atoms. The summed E-state index contributed by atoms with van der Waals surface area (Å²) < 4.78 is 2.46. The van der Waals surface area contributed by atoms with Gasteiger partial charge in [0.15, 0.2) is 12.3 Å². The van der Waals surface area contributed by atoms with Crippen LogP contribution in [0.1, 0.15) is 58.3 Å². The van der Waals surface area contributed by atoms with E-state index in [2.05, 4.69) is 34.5 Å². The van der Waals surface area contributed by atoms with Gasteiger partial charge < -0.3 is 10.1 Å². The van der Waals surface area contributed by atoms with E-state index in [0.29, 0.717) is 5.56 Å². The maximum absolute atomic E-state index is 11.3. The van der Waals surface area contributed by atoms with Gasteiger partial charge in [-0.3, -0.25) is 0 Å². The topological polar surface area (TPSA) is 56.1 Å². The lowest BCUT2D eigenvalue weighted by Crippen LogP contribution is -2.32. The molecule has 1 aliphatic heterocycles. The number of nitrogens with zero attached hydrogens (tertiary/aromatic N) is 1. The first-order chi connectivity index (χ1) is 15.0. The fourth-order valence-electron chi connectivity index (χ4n) is 5.14. The number of H-pyrrole nitrogens is 1. The summed E-state index contributed by atoms with van der Waals surface area (Å²) in [5.74, 6) is 3.60. The van der Waals surface area contributed by atoms with E-state index >= 15 is 0 Å². The van der Waals surface area contributed by atoms with E-state index in [0.717, 1.165) is 53.6 Å². The molecule has 0 spiro atoms. The average Bonchev–Trinajstić information content (AvgIpc) is 3.51. The molecular formula is C27H27N2O2+. The van der Waals surface area contributed by atoms with E-state index in [1.165, 1.54) is 35.9 Å². The van der Waals surface area contributed by atoms with Crippen LogP contribution in [-0.2, 0) is 6.54 Å². The summed E-state index contributed by atoms with van der Waals surface area (Å²) in [5, 5.41) is 10.5. The summed E-state index contributed by atoms with van der Waals surface area (Å²) in [7, 11) is 0. The summed E-state index contributed by atoms with van der Waals surface area (Å²) >= 11 is 0. The van der Waals surface area contributed by atoms with Crippen molar-refractivity contribution in [1.29, 1.82) is 0 Å². The Bertz CT molecular complexity index is 1240. The Balaban J connectivity index is 1.59. The highest BCUT2D eigenvalue weighted by atomic mass is 16.4. The van der Waals surface area contributed by atoms with Gasteiger partial charge >= 0.3 is 5.97 Å². The Morgan fingerprint density at radius 2 is 1.97 bits per heavy atom. The lowest BCUT2D eigenvalue weighted by atomic mass is 9.87. The normalized spacial score (nSPS) is 18.9. The van der Waals surface area contributed by atoms with Gasteiger partial charge in [-0.25, -0.2) is 9.37 Å². The Hall–Kier alpha value is -3.32. The number of carboxylic acids is 1. The third-order valence-corrected chi connectivity index (χ3v) is 7.02. The highest BCUT2D eigenvalue weighted by molar-refractivity contribution is 5.98. The first-order valence-corrected chi connectivity index (χ1v) is 11.1. The molecule has 5 rings (SSSR count). The first kappa shape index (κ1) is 19.6. The zero-order valence-electron chi connectivity index (χ0n) is 17.8. The number of terminal acetylenes is 1. The lowest BCUT2D eigenvalue weighted by molar-refractivity contribution is -0.550. The molecule has 4 heteroatoms. The van der Waals surface area contributed by atoms with Gasteiger partial charge in [-0.15, -0.1) is 6.42 Å². The molecule has 2 aromatic carbocycles. The van der Waals surface area contributed by atoms with Crippen molar-refractivity contribution in [3.63, 3.8) is 0 Å². The van der Waals surface area contributed by atoms with Crippen LogP contribution in [0, 0.1) is 31.1 Å². The van der Waals surface area contributed by atoms with Gasteiger partial charge in [0.2, 0.25) is 0 Å². The van der Waals surface area contributed by atoms with Gasteiger partial charge in [0.25, 0.3) is 0 Å². The third kappa shape index (κ3) is 3.65. The summed E-state index contributed by atoms with van der Waals surface area (Å²) in [4.78, 5) is 14.7. The van der Waals surface area contributed by atoms with Crippen molar-refractivity contribution in [2.24, 2.45) is 11.8 Å². The molecule has 1 saturated carbocycles. The van der Waals surface area contributed by atoms with Crippen LogP contribution >= 0.6 is 0 Å². The quantitative estimate of drug-likeness (QED) is 0.460. The van der Waals surface area contributed by atoms with Crippen molar-refractivity contribution in [1.82, 2.24) is 4.98 Å². The minimum absolute atomic E-state index is 0.327. The molecular weight excluding hydrogens is 384 g/mol. The molecule has 2 heterocycles. The number of rotatable bonds is 5. The Kier molecular flexibility index (Phi) is 4.90. The molecule has 0 radical (unpaired) electrons. The number of aromatic carboxylic acids is 1. The molecule has 31 heavy (non-hydrogen) atoms.